The van der Waals surface area contributed by atoms with E-state index in [1.165, 1.54) is 0 Å². The van der Waals surface area contributed by atoms with Gasteiger partial charge in [0.2, 0.25) is 5.91 Å². The summed E-state index contributed by atoms with van der Waals surface area (Å²) in [6.07, 6.45) is 5.66. The molecule has 2 aliphatic rings. The van der Waals surface area contributed by atoms with Crippen molar-refractivity contribution in [2.24, 2.45) is 0 Å². The number of rotatable bonds is 4. The Morgan fingerprint density at radius 1 is 1.25 bits per heavy atom. The average Bonchev–Trinajstić information content (AvgIpc) is 2.98. The zero-order valence-electron chi connectivity index (χ0n) is 13.8. The van der Waals surface area contributed by atoms with Gasteiger partial charge in [0, 0.05) is 42.8 Å². The van der Waals surface area contributed by atoms with Crippen LogP contribution < -0.4 is 5.32 Å². The van der Waals surface area contributed by atoms with Crippen molar-refractivity contribution in [1.29, 1.82) is 0 Å². The van der Waals surface area contributed by atoms with E-state index in [1.807, 2.05) is 21.9 Å². The molecular formula is C18H24ClN3O2. The maximum absolute atomic E-state index is 12.6. The van der Waals surface area contributed by atoms with Crippen LogP contribution in [0, 0.1) is 0 Å². The van der Waals surface area contributed by atoms with Crippen LogP contribution in [0.2, 0.25) is 5.02 Å². The lowest BCUT2D eigenvalue weighted by Gasteiger charge is -2.36. The lowest BCUT2D eigenvalue weighted by atomic mass is 9.99. The van der Waals surface area contributed by atoms with Crippen molar-refractivity contribution >= 4 is 29.2 Å². The first-order valence-electron chi connectivity index (χ1n) is 8.74. The second-order valence-corrected chi connectivity index (χ2v) is 6.99. The third-order valence-corrected chi connectivity index (χ3v) is 5.10. The fourth-order valence-corrected chi connectivity index (χ4v) is 3.77. The molecule has 0 radical (unpaired) electrons. The van der Waals surface area contributed by atoms with Crippen LogP contribution in [0.25, 0.3) is 0 Å². The number of hydrogen-bond acceptors (Lipinski definition) is 2. The van der Waals surface area contributed by atoms with Gasteiger partial charge in [-0.3, -0.25) is 4.79 Å². The third kappa shape index (κ3) is 4.20. The van der Waals surface area contributed by atoms with E-state index in [2.05, 4.69) is 5.32 Å². The summed E-state index contributed by atoms with van der Waals surface area (Å²) in [5.41, 5.74) is 0.714. The standard InChI is InChI=1S/C18H24ClN3O2/c19-14-5-3-6-15(13-14)20-18(24)22-11-2-1-7-16(22)9-12-21-10-4-8-17(21)23/h3,5-6,13,16H,1-2,4,7-12H2,(H,20,24)/t16-/m1/s1. The summed E-state index contributed by atoms with van der Waals surface area (Å²) in [7, 11) is 0. The summed E-state index contributed by atoms with van der Waals surface area (Å²) in [4.78, 5) is 28.3. The van der Waals surface area contributed by atoms with Crippen molar-refractivity contribution in [3.63, 3.8) is 0 Å². The number of anilines is 1. The van der Waals surface area contributed by atoms with Crippen molar-refractivity contribution in [3.8, 4) is 0 Å². The van der Waals surface area contributed by atoms with E-state index < -0.39 is 0 Å². The molecular weight excluding hydrogens is 326 g/mol. The SMILES string of the molecule is O=C1CCCN1CC[C@H]1CCCCN1C(=O)Nc1cccc(Cl)c1. The molecule has 1 aromatic carbocycles. The van der Waals surface area contributed by atoms with E-state index in [0.29, 0.717) is 17.1 Å². The molecule has 0 unspecified atom stereocenters. The first kappa shape index (κ1) is 17.1. The van der Waals surface area contributed by atoms with Gasteiger partial charge in [-0.05, 0) is 50.3 Å². The van der Waals surface area contributed by atoms with Crippen LogP contribution in [-0.2, 0) is 4.79 Å². The molecule has 0 aliphatic carbocycles. The highest BCUT2D eigenvalue weighted by Gasteiger charge is 2.28. The van der Waals surface area contributed by atoms with Crippen molar-refractivity contribution in [2.75, 3.05) is 25.0 Å². The monoisotopic (exact) mass is 349 g/mol. The average molecular weight is 350 g/mol. The van der Waals surface area contributed by atoms with Gasteiger partial charge in [-0.1, -0.05) is 17.7 Å². The molecule has 1 atom stereocenters. The largest absolute Gasteiger partial charge is 0.343 e. The van der Waals surface area contributed by atoms with E-state index in [0.717, 1.165) is 51.7 Å². The summed E-state index contributed by atoms with van der Waals surface area (Å²) >= 11 is 5.98. The van der Waals surface area contributed by atoms with Crippen LogP contribution >= 0.6 is 11.6 Å². The molecule has 6 heteroatoms. The quantitative estimate of drug-likeness (QED) is 0.900. The van der Waals surface area contributed by atoms with Crippen LogP contribution in [0.15, 0.2) is 24.3 Å². The summed E-state index contributed by atoms with van der Waals surface area (Å²) in [5, 5.41) is 3.55. The van der Waals surface area contributed by atoms with E-state index in [1.54, 1.807) is 12.1 Å². The Kier molecular flexibility index (Phi) is 5.61. The number of halogens is 1. The molecule has 2 aliphatic heterocycles. The molecule has 5 nitrogen and oxygen atoms in total. The molecule has 3 rings (SSSR count). The van der Waals surface area contributed by atoms with Gasteiger partial charge in [0.25, 0.3) is 0 Å². The number of likely N-dealkylation sites (tertiary alicyclic amines) is 2. The van der Waals surface area contributed by atoms with Crippen molar-refractivity contribution in [2.45, 2.75) is 44.6 Å². The second-order valence-electron chi connectivity index (χ2n) is 6.56. The Morgan fingerprint density at radius 2 is 2.12 bits per heavy atom. The lowest BCUT2D eigenvalue weighted by Crippen LogP contribution is -2.47. The van der Waals surface area contributed by atoms with Gasteiger partial charge >= 0.3 is 6.03 Å². The summed E-state index contributed by atoms with van der Waals surface area (Å²) in [5.74, 6) is 0.251. The Morgan fingerprint density at radius 3 is 2.88 bits per heavy atom. The van der Waals surface area contributed by atoms with Crippen LogP contribution in [0.3, 0.4) is 0 Å². The van der Waals surface area contributed by atoms with Crippen LogP contribution in [-0.4, -0.2) is 47.4 Å². The van der Waals surface area contributed by atoms with Gasteiger partial charge in [-0.25, -0.2) is 4.79 Å². The maximum Gasteiger partial charge on any atom is 0.322 e. The van der Waals surface area contributed by atoms with Crippen molar-refractivity contribution in [3.05, 3.63) is 29.3 Å². The van der Waals surface area contributed by atoms with Gasteiger partial charge in [0.15, 0.2) is 0 Å². The summed E-state index contributed by atoms with van der Waals surface area (Å²) < 4.78 is 0. The normalized spacial score (nSPS) is 21.2. The van der Waals surface area contributed by atoms with Gasteiger partial charge in [-0.15, -0.1) is 0 Å². The number of amides is 3. The number of carbonyl (C=O) groups is 2. The fraction of sp³-hybridized carbons (Fsp3) is 0.556. The number of benzene rings is 1. The minimum atomic E-state index is -0.0743. The maximum atomic E-state index is 12.6. The number of piperidine rings is 1. The molecule has 24 heavy (non-hydrogen) atoms. The minimum absolute atomic E-state index is 0.0743. The van der Waals surface area contributed by atoms with Gasteiger partial charge in [0.05, 0.1) is 0 Å². The van der Waals surface area contributed by atoms with E-state index in [4.69, 9.17) is 11.6 Å². The van der Waals surface area contributed by atoms with Gasteiger partial charge < -0.3 is 15.1 Å². The van der Waals surface area contributed by atoms with E-state index >= 15 is 0 Å². The second kappa shape index (κ2) is 7.88. The predicted molar refractivity (Wildman–Crippen MR) is 95.2 cm³/mol. The zero-order chi connectivity index (χ0) is 16.9. The number of carbonyl (C=O) groups excluding carboxylic acids is 2. The molecule has 0 bridgehead atoms. The molecule has 0 aromatic heterocycles. The molecule has 1 aromatic rings. The van der Waals surface area contributed by atoms with Crippen LogP contribution in [0.5, 0.6) is 0 Å². The minimum Gasteiger partial charge on any atom is -0.343 e. The highest BCUT2D eigenvalue weighted by Crippen LogP contribution is 2.23. The summed E-state index contributed by atoms with van der Waals surface area (Å²) in [6.45, 7) is 2.38. The number of nitrogens with zero attached hydrogens (tertiary/aromatic N) is 2. The number of nitrogens with one attached hydrogen (secondary N) is 1. The number of hydrogen-bond donors (Lipinski definition) is 1. The first-order valence-corrected chi connectivity index (χ1v) is 9.12. The molecule has 2 saturated heterocycles. The lowest BCUT2D eigenvalue weighted by molar-refractivity contribution is -0.127. The fourth-order valence-electron chi connectivity index (χ4n) is 3.57. The number of urea groups is 1. The highest BCUT2D eigenvalue weighted by atomic mass is 35.5. The smallest absolute Gasteiger partial charge is 0.322 e. The Hall–Kier alpha value is -1.75. The zero-order valence-corrected chi connectivity index (χ0v) is 14.6. The third-order valence-electron chi connectivity index (χ3n) is 4.87. The van der Waals surface area contributed by atoms with Crippen LogP contribution in [0.4, 0.5) is 10.5 Å². The van der Waals surface area contributed by atoms with Gasteiger partial charge in [-0.2, -0.15) is 0 Å². The summed E-state index contributed by atoms with van der Waals surface area (Å²) in [6, 6.07) is 7.33. The van der Waals surface area contributed by atoms with E-state index in [-0.39, 0.29) is 18.0 Å². The van der Waals surface area contributed by atoms with Crippen molar-refractivity contribution in [1.82, 2.24) is 9.80 Å². The first-order chi connectivity index (χ1) is 11.6. The Bertz CT molecular complexity index is 608. The Balaban J connectivity index is 1.58. The Labute approximate surface area is 147 Å². The molecule has 0 spiro atoms. The van der Waals surface area contributed by atoms with Crippen molar-refractivity contribution < 1.29 is 9.59 Å². The molecule has 130 valence electrons. The molecule has 2 heterocycles. The van der Waals surface area contributed by atoms with Crippen LogP contribution in [0.1, 0.15) is 38.5 Å². The topological polar surface area (TPSA) is 52.7 Å². The molecule has 2 fully saturated rings. The predicted octanol–water partition coefficient (Wildman–Crippen LogP) is 3.74. The highest BCUT2D eigenvalue weighted by molar-refractivity contribution is 6.30. The molecule has 1 N–H and O–H groups in total. The molecule has 0 saturated carbocycles. The molecule has 3 amide bonds. The van der Waals surface area contributed by atoms with Gasteiger partial charge in [0.1, 0.15) is 0 Å². The van der Waals surface area contributed by atoms with E-state index in [9.17, 15) is 9.59 Å².